The Kier molecular flexibility index (Phi) is 3.79. The van der Waals surface area contributed by atoms with Crippen molar-refractivity contribution in [3.05, 3.63) is 30.7 Å². The van der Waals surface area contributed by atoms with Gasteiger partial charge in [-0.2, -0.15) is 0 Å². The molecule has 2 amide bonds. The summed E-state index contributed by atoms with van der Waals surface area (Å²) in [4.78, 5) is 36.2. The van der Waals surface area contributed by atoms with Gasteiger partial charge in [0.2, 0.25) is 5.91 Å². The maximum Gasteiger partial charge on any atom is 0.262 e. The zero-order chi connectivity index (χ0) is 20.1. The first-order valence-electron chi connectivity index (χ1n) is 8.92. The van der Waals surface area contributed by atoms with Crippen molar-refractivity contribution in [2.24, 2.45) is 5.92 Å². The van der Waals surface area contributed by atoms with Crippen molar-refractivity contribution in [1.29, 1.82) is 0 Å². The van der Waals surface area contributed by atoms with E-state index in [9.17, 15) is 14.0 Å². The SMILES string of the molecule is Nc1nc(-c2cncc3c2OCC(=O)N3)cc2cc(NC(=O)[C@@H]3C[C@@H]3F)ncc12. The van der Waals surface area contributed by atoms with Crippen molar-refractivity contribution in [2.45, 2.75) is 12.6 Å². The number of hydrogen-bond donors (Lipinski definition) is 3. The van der Waals surface area contributed by atoms with Crippen LogP contribution in [0.25, 0.3) is 22.0 Å². The molecular formula is C19H15FN6O3. The Labute approximate surface area is 163 Å². The van der Waals surface area contributed by atoms with E-state index in [4.69, 9.17) is 10.5 Å². The molecular weight excluding hydrogens is 379 g/mol. The third kappa shape index (κ3) is 3.08. The van der Waals surface area contributed by atoms with E-state index in [-0.39, 0.29) is 24.8 Å². The van der Waals surface area contributed by atoms with E-state index < -0.39 is 18.0 Å². The van der Waals surface area contributed by atoms with Gasteiger partial charge in [-0.3, -0.25) is 14.6 Å². The molecule has 1 aliphatic carbocycles. The van der Waals surface area contributed by atoms with Crippen molar-refractivity contribution < 1.29 is 18.7 Å². The van der Waals surface area contributed by atoms with Crippen molar-refractivity contribution in [2.75, 3.05) is 23.0 Å². The Balaban J connectivity index is 1.55. The lowest BCUT2D eigenvalue weighted by Crippen LogP contribution is -2.25. The number of carbonyl (C=O) groups is 2. The number of anilines is 3. The molecule has 0 bridgehead atoms. The average Bonchev–Trinajstić information content (AvgIpc) is 3.44. The minimum absolute atomic E-state index is 0.107. The van der Waals surface area contributed by atoms with Crippen LogP contribution in [0.4, 0.5) is 21.7 Å². The number of fused-ring (bicyclic) bond motifs is 2. The molecule has 2 aliphatic rings. The highest BCUT2D eigenvalue weighted by Crippen LogP contribution is 2.38. The number of nitrogen functional groups attached to an aromatic ring is 1. The van der Waals surface area contributed by atoms with Crippen molar-refractivity contribution in [1.82, 2.24) is 15.0 Å². The summed E-state index contributed by atoms with van der Waals surface area (Å²) in [6, 6.07) is 3.41. The first-order valence-corrected chi connectivity index (χ1v) is 8.92. The minimum atomic E-state index is -1.08. The van der Waals surface area contributed by atoms with Crippen molar-refractivity contribution >= 4 is 39.9 Å². The van der Waals surface area contributed by atoms with E-state index in [1.165, 1.54) is 12.4 Å². The number of carbonyl (C=O) groups excluding carboxylic acids is 2. The molecule has 4 N–H and O–H groups in total. The first kappa shape index (κ1) is 17.3. The highest BCUT2D eigenvalue weighted by atomic mass is 19.1. The van der Waals surface area contributed by atoms with Gasteiger partial charge in [0.25, 0.3) is 5.91 Å². The molecule has 0 unspecified atom stereocenters. The highest BCUT2D eigenvalue weighted by Gasteiger charge is 2.43. The van der Waals surface area contributed by atoms with Crippen LogP contribution in [0, 0.1) is 5.92 Å². The number of alkyl halides is 1. The fourth-order valence-corrected chi connectivity index (χ4v) is 3.23. The normalized spacial score (nSPS) is 19.8. The van der Waals surface area contributed by atoms with E-state index in [0.29, 0.717) is 39.3 Å². The minimum Gasteiger partial charge on any atom is -0.481 e. The van der Waals surface area contributed by atoms with Crippen LogP contribution in [-0.4, -0.2) is 39.5 Å². The largest absolute Gasteiger partial charge is 0.481 e. The number of rotatable bonds is 3. The van der Waals surface area contributed by atoms with E-state index in [1.54, 1.807) is 18.3 Å². The Morgan fingerprint density at radius 1 is 1.31 bits per heavy atom. The van der Waals surface area contributed by atoms with Crippen LogP contribution in [0.15, 0.2) is 30.7 Å². The number of halogens is 1. The van der Waals surface area contributed by atoms with E-state index in [1.807, 2.05) is 0 Å². The molecule has 1 fully saturated rings. The van der Waals surface area contributed by atoms with Crippen molar-refractivity contribution in [3.63, 3.8) is 0 Å². The Morgan fingerprint density at radius 2 is 2.14 bits per heavy atom. The maximum atomic E-state index is 13.1. The number of nitrogens with one attached hydrogen (secondary N) is 2. The number of ether oxygens (including phenoxy) is 1. The third-order valence-corrected chi connectivity index (χ3v) is 4.84. The van der Waals surface area contributed by atoms with Crippen LogP contribution in [0.1, 0.15) is 6.42 Å². The number of amides is 2. The lowest BCUT2D eigenvalue weighted by molar-refractivity contribution is -0.119. The van der Waals surface area contributed by atoms with Crippen LogP contribution in [0.5, 0.6) is 5.75 Å². The molecule has 1 aliphatic heterocycles. The molecule has 4 heterocycles. The summed E-state index contributed by atoms with van der Waals surface area (Å²) < 4.78 is 18.6. The molecule has 10 heteroatoms. The zero-order valence-electron chi connectivity index (χ0n) is 15.0. The molecule has 0 saturated heterocycles. The number of nitrogens with two attached hydrogens (primary N) is 1. The van der Waals surface area contributed by atoms with Gasteiger partial charge in [-0.25, -0.2) is 14.4 Å². The van der Waals surface area contributed by atoms with E-state index in [0.717, 1.165) is 0 Å². The van der Waals surface area contributed by atoms with Gasteiger partial charge in [0.1, 0.15) is 23.5 Å². The summed E-state index contributed by atoms with van der Waals surface area (Å²) >= 11 is 0. The molecule has 2 atom stereocenters. The smallest absolute Gasteiger partial charge is 0.262 e. The molecule has 3 aromatic heterocycles. The zero-order valence-corrected chi connectivity index (χ0v) is 15.0. The average molecular weight is 394 g/mol. The summed E-state index contributed by atoms with van der Waals surface area (Å²) in [7, 11) is 0. The topological polar surface area (TPSA) is 132 Å². The second kappa shape index (κ2) is 6.36. The summed E-state index contributed by atoms with van der Waals surface area (Å²) in [5.41, 5.74) is 7.61. The number of hydrogen-bond acceptors (Lipinski definition) is 7. The summed E-state index contributed by atoms with van der Waals surface area (Å²) in [5, 5.41) is 6.61. The molecule has 9 nitrogen and oxygen atoms in total. The Hall–Kier alpha value is -3.82. The predicted molar refractivity (Wildman–Crippen MR) is 103 cm³/mol. The van der Waals surface area contributed by atoms with E-state index >= 15 is 0 Å². The lowest BCUT2D eigenvalue weighted by Gasteiger charge is -2.20. The van der Waals surface area contributed by atoms with Crippen molar-refractivity contribution in [3.8, 4) is 17.0 Å². The monoisotopic (exact) mass is 394 g/mol. The molecule has 0 spiro atoms. The van der Waals surface area contributed by atoms with E-state index in [2.05, 4.69) is 25.6 Å². The fourth-order valence-electron chi connectivity index (χ4n) is 3.23. The molecule has 1 saturated carbocycles. The third-order valence-electron chi connectivity index (χ3n) is 4.84. The van der Waals surface area contributed by atoms with Gasteiger partial charge in [-0.15, -0.1) is 0 Å². The van der Waals surface area contributed by atoms with Gasteiger partial charge < -0.3 is 21.1 Å². The Bertz CT molecular complexity index is 1180. The molecule has 146 valence electrons. The summed E-state index contributed by atoms with van der Waals surface area (Å²) in [6.07, 6.45) is 3.73. The summed E-state index contributed by atoms with van der Waals surface area (Å²) in [6.45, 7) is -0.107. The lowest BCUT2D eigenvalue weighted by atomic mass is 10.1. The molecule has 5 rings (SSSR count). The predicted octanol–water partition coefficient (Wildman–Crippen LogP) is 1.90. The summed E-state index contributed by atoms with van der Waals surface area (Å²) in [5.74, 6) is -0.269. The fraction of sp³-hybridized carbons (Fsp3) is 0.211. The number of nitrogens with zero attached hydrogens (tertiary/aromatic N) is 3. The highest BCUT2D eigenvalue weighted by molar-refractivity contribution is 6.00. The molecule has 29 heavy (non-hydrogen) atoms. The van der Waals surface area contributed by atoms with Crippen LogP contribution >= 0.6 is 0 Å². The first-order chi connectivity index (χ1) is 14.0. The second-order valence-corrected chi connectivity index (χ2v) is 6.93. The molecule has 3 aromatic rings. The standard InChI is InChI=1S/C19H15FN6O3/c20-12-3-9(12)19(28)26-15-2-8-1-13(25-18(21)10(8)5-23-15)11-4-22-6-14-17(11)29-7-16(27)24-14/h1-2,4-6,9,12H,3,7H2,(H2,21,25)(H,24,27)(H,23,26,28)/t9-,12+/m1/s1. The van der Waals surface area contributed by atoms with Crippen LogP contribution in [0.2, 0.25) is 0 Å². The van der Waals surface area contributed by atoms with Crippen LogP contribution in [0.3, 0.4) is 0 Å². The molecule has 0 radical (unpaired) electrons. The number of pyridine rings is 3. The van der Waals surface area contributed by atoms with Gasteiger partial charge in [-0.05, 0) is 23.9 Å². The Morgan fingerprint density at radius 3 is 2.93 bits per heavy atom. The second-order valence-electron chi connectivity index (χ2n) is 6.93. The van der Waals surface area contributed by atoms with Gasteiger partial charge in [0, 0.05) is 17.8 Å². The van der Waals surface area contributed by atoms with Gasteiger partial charge in [0.05, 0.1) is 23.4 Å². The van der Waals surface area contributed by atoms with Gasteiger partial charge in [-0.1, -0.05) is 0 Å². The van der Waals surface area contributed by atoms with Crippen LogP contribution < -0.4 is 21.1 Å². The molecule has 0 aromatic carbocycles. The number of aromatic nitrogens is 3. The van der Waals surface area contributed by atoms with Crippen LogP contribution in [-0.2, 0) is 9.59 Å². The van der Waals surface area contributed by atoms with Gasteiger partial charge >= 0.3 is 0 Å². The quantitative estimate of drug-likeness (QED) is 0.618. The maximum absolute atomic E-state index is 13.1. The van der Waals surface area contributed by atoms with Gasteiger partial charge in [0.15, 0.2) is 12.4 Å².